The number of benzene rings is 3. The Morgan fingerprint density at radius 1 is 1.08 bits per heavy atom. The van der Waals surface area contributed by atoms with Gasteiger partial charge in [0.2, 0.25) is 16.0 Å². The van der Waals surface area contributed by atoms with Crippen molar-refractivity contribution < 1.29 is 22.3 Å². The van der Waals surface area contributed by atoms with E-state index in [4.69, 9.17) is 4.74 Å². The molecule has 2 atom stereocenters. The molecule has 0 unspecified atom stereocenters. The van der Waals surface area contributed by atoms with Crippen LogP contribution in [0.2, 0.25) is 0 Å². The van der Waals surface area contributed by atoms with E-state index in [-0.39, 0.29) is 18.0 Å². The van der Waals surface area contributed by atoms with E-state index in [1.54, 1.807) is 36.4 Å². The van der Waals surface area contributed by atoms with Crippen LogP contribution in [0.1, 0.15) is 35.7 Å². The number of H-pyrrole nitrogens is 1. The fourth-order valence-corrected chi connectivity index (χ4v) is 5.87. The number of esters is 1. The lowest BCUT2D eigenvalue weighted by atomic mass is 10.0. The van der Waals surface area contributed by atoms with Crippen molar-refractivity contribution in [3.05, 3.63) is 89.7 Å². The Hall–Kier alpha value is -3.76. The van der Waals surface area contributed by atoms with Gasteiger partial charge in [-0.05, 0) is 53.9 Å². The maximum atomic E-state index is 13.6. The molecule has 0 spiro atoms. The normalized spacial score (nSPS) is 18.4. The van der Waals surface area contributed by atoms with Crippen LogP contribution in [0.15, 0.2) is 77.7 Å². The minimum absolute atomic E-state index is 0.0282. The van der Waals surface area contributed by atoms with Crippen molar-refractivity contribution in [3.8, 4) is 0 Å². The Morgan fingerprint density at radius 2 is 1.81 bits per heavy atom. The zero-order valence-corrected chi connectivity index (χ0v) is 21.2. The van der Waals surface area contributed by atoms with Gasteiger partial charge in [-0.3, -0.25) is 0 Å². The number of rotatable bonds is 7. The van der Waals surface area contributed by atoms with Crippen molar-refractivity contribution >= 4 is 33.0 Å². The minimum Gasteiger partial charge on any atom is -0.455 e. The molecule has 1 aromatic heterocycles. The quantitative estimate of drug-likeness (QED) is 0.346. The Bertz CT molecular complexity index is 1520. The van der Waals surface area contributed by atoms with Gasteiger partial charge >= 0.3 is 5.97 Å². The third-order valence-corrected chi connectivity index (χ3v) is 8.30. The second-order valence-electron chi connectivity index (χ2n) is 9.35. The zero-order chi connectivity index (χ0) is 26.2. The number of hydrogen-bond acceptors (Lipinski definition) is 6. The number of halogens is 1. The SMILES string of the molecule is CC(C)c1ccc(C(=O)O[C@H]2CN(S(=O)(=O)c3ccccc3)C[C@@H]2Nc2nc3ccc(F)cc3[nH]2)cc1. The van der Waals surface area contributed by atoms with E-state index in [9.17, 15) is 17.6 Å². The minimum atomic E-state index is -3.82. The number of imidazole rings is 1. The largest absolute Gasteiger partial charge is 0.455 e. The Kier molecular flexibility index (Phi) is 6.70. The van der Waals surface area contributed by atoms with E-state index in [0.29, 0.717) is 28.5 Å². The number of aromatic amines is 1. The van der Waals surface area contributed by atoms with Crippen molar-refractivity contribution in [2.75, 3.05) is 18.4 Å². The van der Waals surface area contributed by atoms with Gasteiger partial charge in [0.05, 0.1) is 34.1 Å². The number of anilines is 1. The highest BCUT2D eigenvalue weighted by atomic mass is 32.2. The van der Waals surface area contributed by atoms with Crippen LogP contribution in [0.3, 0.4) is 0 Å². The first-order chi connectivity index (χ1) is 17.7. The molecule has 1 aliphatic heterocycles. The second-order valence-corrected chi connectivity index (χ2v) is 11.3. The van der Waals surface area contributed by atoms with Gasteiger partial charge in [-0.15, -0.1) is 0 Å². The van der Waals surface area contributed by atoms with Crippen molar-refractivity contribution in [1.82, 2.24) is 14.3 Å². The summed E-state index contributed by atoms with van der Waals surface area (Å²) in [5.74, 6) is -0.300. The lowest BCUT2D eigenvalue weighted by Crippen LogP contribution is -2.36. The number of nitrogens with one attached hydrogen (secondary N) is 2. The van der Waals surface area contributed by atoms with Crippen LogP contribution in [0.25, 0.3) is 11.0 Å². The first-order valence-corrected chi connectivity index (χ1v) is 13.4. The number of carbonyl (C=O) groups excluding carboxylic acids is 1. The lowest BCUT2D eigenvalue weighted by Gasteiger charge is -2.20. The highest BCUT2D eigenvalue weighted by Gasteiger charge is 2.42. The van der Waals surface area contributed by atoms with E-state index in [0.717, 1.165) is 5.56 Å². The summed E-state index contributed by atoms with van der Waals surface area (Å²) in [5, 5.41) is 3.16. The van der Waals surface area contributed by atoms with Gasteiger partial charge in [0.1, 0.15) is 11.9 Å². The number of aromatic nitrogens is 2. The van der Waals surface area contributed by atoms with Crippen LogP contribution < -0.4 is 5.32 Å². The van der Waals surface area contributed by atoms with Crippen LogP contribution >= 0.6 is 0 Å². The highest BCUT2D eigenvalue weighted by molar-refractivity contribution is 7.89. The number of carbonyl (C=O) groups is 1. The van der Waals surface area contributed by atoms with Gasteiger partial charge < -0.3 is 15.0 Å². The number of nitrogens with zero attached hydrogens (tertiary/aromatic N) is 2. The van der Waals surface area contributed by atoms with E-state index in [1.165, 1.54) is 28.6 Å². The van der Waals surface area contributed by atoms with Crippen molar-refractivity contribution in [1.29, 1.82) is 0 Å². The van der Waals surface area contributed by atoms with Crippen molar-refractivity contribution in [2.24, 2.45) is 0 Å². The molecule has 1 fully saturated rings. The van der Waals surface area contributed by atoms with Crippen molar-refractivity contribution in [3.63, 3.8) is 0 Å². The maximum Gasteiger partial charge on any atom is 0.338 e. The lowest BCUT2D eigenvalue weighted by molar-refractivity contribution is 0.0316. The topological polar surface area (TPSA) is 104 Å². The standard InChI is InChI=1S/C27H27FN4O4S/c1-17(2)18-8-10-19(11-9-18)26(33)36-25-16-32(37(34,35)21-6-4-3-5-7-21)15-24(25)31-27-29-22-13-12-20(28)14-23(22)30-27/h3-14,17,24-25H,15-16H2,1-2H3,(H2,29,30,31)/t24-,25-/m0/s1. The molecule has 10 heteroatoms. The predicted molar refractivity (Wildman–Crippen MR) is 138 cm³/mol. The van der Waals surface area contributed by atoms with Gasteiger partial charge in [0.15, 0.2) is 0 Å². The zero-order valence-electron chi connectivity index (χ0n) is 20.4. The summed E-state index contributed by atoms with van der Waals surface area (Å²) in [6.45, 7) is 4.15. The third-order valence-electron chi connectivity index (χ3n) is 6.45. The van der Waals surface area contributed by atoms with Gasteiger partial charge in [-0.2, -0.15) is 4.31 Å². The molecule has 2 N–H and O–H groups in total. The highest BCUT2D eigenvalue weighted by Crippen LogP contribution is 2.26. The molecule has 3 aromatic carbocycles. The predicted octanol–water partition coefficient (Wildman–Crippen LogP) is 4.54. The summed E-state index contributed by atoms with van der Waals surface area (Å²) >= 11 is 0. The molecular weight excluding hydrogens is 495 g/mol. The average Bonchev–Trinajstić information content (AvgIpc) is 3.48. The Balaban J connectivity index is 1.40. The van der Waals surface area contributed by atoms with E-state index < -0.39 is 34.0 Å². The number of hydrogen-bond donors (Lipinski definition) is 2. The molecule has 0 amide bonds. The van der Waals surface area contributed by atoms with Crippen molar-refractivity contribution in [2.45, 2.75) is 36.8 Å². The van der Waals surface area contributed by atoms with Crippen LogP contribution in [0.5, 0.6) is 0 Å². The van der Waals surface area contributed by atoms with Crippen LogP contribution in [-0.2, 0) is 14.8 Å². The number of fused-ring (bicyclic) bond motifs is 1. The molecule has 2 heterocycles. The first-order valence-electron chi connectivity index (χ1n) is 12.0. The summed E-state index contributed by atoms with van der Waals surface area (Å²) in [4.78, 5) is 20.6. The molecular formula is C27H27FN4O4S. The molecule has 37 heavy (non-hydrogen) atoms. The smallest absolute Gasteiger partial charge is 0.338 e. The molecule has 0 bridgehead atoms. The van der Waals surface area contributed by atoms with Crippen LogP contribution in [0.4, 0.5) is 10.3 Å². The van der Waals surface area contributed by atoms with Crippen LogP contribution in [-0.4, -0.2) is 53.9 Å². The molecule has 0 radical (unpaired) electrons. The first kappa shape index (κ1) is 24.9. The van der Waals surface area contributed by atoms with Crippen LogP contribution in [0, 0.1) is 5.82 Å². The van der Waals surface area contributed by atoms with E-state index in [2.05, 4.69) is 29.1 Å². The summed E-state index contributed by atoms with van der Waals surface area (Å²) in [5.41, 5.74) is 2.52. The monoisotopic (exact) mass is 522 g/mol. The maximum absolute atomic E-state index is 13.6. The second kappa shape index (κ2) is 9.95. The van der Waals surface area contributed by atoms with Gasteiger partial charge in [-0.1, -0.05) is 44.2 Å². The molecule has 4 aromatic rings. The Labute approximate surface area is 214 Å². The molecule has 8 nitrogen and oxygen atoms in total. The van der Waals surface area contributed by atoms with Gasteiger partial charge in [-0.25, -0.2) is 22.6 Å². The fourth-order valence-electron chi connectivity index (χ4n) is 4.37. The van der Waals surface area contributed by atoms with E-state index >= 15 is 0 Å². The fraction of sp³-hybridized carbons (Fsp3) is 0.259. The molecule has 1 aliphatic rings. The summed E-state index contributed by atoms with van der Waals surface area (Å²) in [6, 6.07) is 18.9. The molecule has 5 rings (SSSR count). The number of sulfonamides is 1. The molecule has 0 aliphatic carbocycles. The third kappa shape index (κ3) is 5.21. The summed E-state index contributed by atoms with van der Waals surface area (Å²) in [6.07, 6.45) is -0.791. The molecule has 1 saturated heterocycles. The molecule has 192 valence electrons. The number of ether oxygens (including phenoxy) is 1. The van der Waals surface area contributed by atoms with Gasteiger partial charge in [0.25, 0.3) is 0 Å². The average molecular weight is 523 g/mol. The van der Waals surface area contributed by atoms with Gasteiger partial charge in [0, 0.05) is 6.54 Å². The van der Waals surface area contributed by atoms with E-state index in [1.807, 2.05) is 12.1 Å². The Morgan fingerprint density at radius 3 is 2.51 bits per heavy atom. The molecule has 0 saturated carbocycles. The summed E-state index contributed by atoms with van der Waals surface area (Å²) in [7, 11) is -3.82. The summed E-state index contributed by atoms with van der Waals surface area (Å²) < 4.78 is 47.4.